The average molecular weight is 298 g/mol. The Morgan fingerprint density at radius 1 is 1.10 bits per heavy atom. The number of rotatable bonds is 10. The molecule has 1 aromatic heterocycles. The van der Waals surface area contributed by atoms with Crippen LogP contribution >= 0.6 is 11.3 Å². The van der Waals surface area contributed by atoms with Crippen LogP contribution in [0.3, 0.4) is 0 Å². The van der Waals surface area contributed by atoms with Gasteiger partial charge < -0.3 is 10.1 Å². The van der Waals surface area contributed by atoms with Crippen LogP contribution in [0.5, 0.6) is 0 Å². The third-order valence-electron chi connectivity index (χ3n) is 4.19. The number of nitrogens with one attached hydrogen (secondary N) is 1. The molecule has 0 saturated carbocycles. The van der Waals surface area contributed by atoms with Gasteiger partial charge in [-0.25, -0.2) is 0 Å². The number of likely N-dealkylation sites (N-methyl/N-ethyl adjacent to an activating group) is 1. The molecule has 0 spiro atoms. The highest BCUT2D eigenvalue weighted by molar-refractivity contribution is 7.11. The fourth-order valence-corrected chi connectivity index (χ4v) is 3.95. The second-order valence-electron chi connectivity index (χ2n) is 5.24. The molecular weight excluding hydrogens is 266 g/mol. The Kier molecular flexibility index (Phi) is 7.78. The van der Waals surface area contributed by atoms with Crippen LogP contribution in [0.1, 0.15) is 57.2 Å². The van der Waals surface area contributed by atoms with E-state index in [0.717, 1.165) is 38.8 Å². The first-order valence-corrected chi connectivity index (χ1v) is 8.92. The molecule has 1 heterocycles. The number of aryl methyl sites for hydroxylation is 1. The molecule has 0 amide bonds. The van der Waals surface area contributed by atoms with Crippen LogP contribution in [-0.2, 0) is 17.6 Å². The fraction of sp³-hybridized carbons (Fsp3) is 0.765. The lowest BCUT2D eigenvalue weighted by Gasteiger charge is -2.40. The minimum Gasteiger partial charge on any atom is -0.374 e. The zero-order valence-corrected chi connectivity index (χ0v) is 14.6. The predicted octanol–water partition coefficient (Wildman–Crippen LogP) is 4.43. The fourth-order valence-electron chi connectivity index (χ4n) is 2.95. The molecule has 20 heavy (non-hydrogen) atoms. The normalized spacial score (nSPS) is 13.7. The standard InChI is InChI=1S/C17H31NOS/c1-6-14-11-12-15(20-14)13-16(18-9-4)17(7-2,8-3)19-10-5/h11-12,16,18H,6-10,13H2,1-5H3. The number of hydrogen-bond acceptors (Lipinski definition) is 3. The van der Waals surface area contributed by atoms with Gasteiger partial charge in [0, 0.05) is 22.4 Å². The van der Waals surface area contributed by atoms with Crippen molar-refractivity contribution in [1.29, 1.82) is 0 Å². The highest BCUT2D eigenvalue weighted by Crippen LogP contribution is 2.29. The van der Waals surface area contributed by atoms with Gasteiger partial charge in [0.2, 0.25) is 0 Å². The van der Waals surface area contributed by atoms with Crippen LogP contribution in [0.2, 0.25) is 0 Å². The average Bonchev–Trinajstić information content (AvgIpc) is 2.92. The molecule has 1 rings (SSSR count). The van der Waals surface area contributed by atoms with Crippen molar-refractivity contribution >= 4 is 11.3 Å². The molecule has 0 aliphatic rings. The summed E-state index contributed by atoms with van der Waals surface area (Å²) in [4.78, 5) is 2.95. The maximum absolute atomic E-state index is 6.19. The highest BCUT2D eigenvalue weighted by Gasteiger charge is 2.36. The maximum Gasteiger partial charge on any atom is 0.0832 e. The summed E-state index contributed by atoms with van der Waals surface area (Å²) in [5.41, 5.74) is -0.0405. The lowest BCUT2D eigenvalue weighted by atomic mass is 9.85. The van der Waals surface area contributed by atoms with Crippen molar-refractivity contribution in [2.45, 2.75) is 71.9 Å². The lowest BCUT2D eigenvalue weighted by Crippen LogP contribution is -2.53. The first-order valence-electron chi connectivity index (χ1n) is 8.10. The third kappa shape index (κ3) is 4.31. The lowest BCUT2D eigenvalue weighted by molar-refractivity contribution is -0.0714. The van der Waals surface area contributed by atoms with E-state index in [1.54, 1.807) is 0 Å². The van der Waals surface area contributed by atoms with Gasteiger partial charge in [0.15, 0.2) is 0 Å². The Hall–Kier alpha value is -0.380. The molecule has 0 radical (unpaired) electrons. The Balaban J connectivity index is 2.89. The first-order chi connectivity index (χ1) is 9.65. The van der Waals surface area contributed by atoms with Gasteiger partial charge in [-0.05, 0) is 51.3 Å². The molecule has 2 nitrogen and oxygen atoms in total. The largest absolute Gasteiger partial charge is 0.374 e. The summed E-state index contributed by atoms with van der Waals surface area (Å²) < 4.78 is 6.19. The van der Waals surface area contributed by atoms with Gasteiger partial charge in [-0.15, -0.1) is 11.3 Å². The monoisotopic (exact) mass is 297 g/mol. The molecule has 116 valence electrons. The van der Waals surface area contributed by atoms with Crippen LogP contribution in [0.15, 0.2) is 12.1 Å². The molecule has 1 aromatic rings. The summed E-state index contributed by atoms with van der Waals surface area (Å²) >= 11 is 1.95. The Morgan fingerprint density at radius 2 is 1.75 bits per heavy atom. The molecule has 0 aliphatic carbocycles. The van der Waals surface area contributed by atoms with Crippen molar-refractivity contribution in [3.8, 4) is 0 Å². The van der Waals surface area contributed by atoms with E-state index in [1.165, 1.54) is 9.75 Å². The Bertz CT molecular complexity index is 371. The number of thiophene rings is 1. The van der Waals surface area contributed by atoms with Crippen LogP contribution in [0.4, 0.5) is 0 Å². The zero-order valence-electron chi connectivity index (χ0n) is 13.8. The van der Waals surface area contributed by atoms with E-state index in [-0.39, 0.29) is 5.60 Å². The van der Waals surface area contributed by atoms with Gasteiger partial charge in [-0.3, -0.25) is 0 Å². The van der Waals surface area contributed by atoms with Crippen LogP contribution < -0.4 is 5.32 Å². The summed E-state index contributed by atoms with van der Waals surface area (Å²) in [6.07, 6.45) is 4.32. The SMILES string of the molecule is CCNC(Cc1ccc(CC)s1)C(CC)(CC)OCC. The van der Waals surface area contributed by atoms with Crippen LogP contribution in [0.25, 0.3) is 0 Å². The van der Waals surface area contributed by atoms with Crippen LogP contribution in [-0.4, -0.2) is 24.8 Å². The topological polar surface area (TPSA) is 21.3 Å². The van der Waals surface area contributed by atoms with E-state index in [9.17, 15) is 0 Å². The van der Waals surface area contributed by atoms with Crippen molar-refractivity contribution in [3.63, 3.8) is 0 Å². The molecule has 0 aromatic carbocycles. The first kappa shape index (κ1) is 17.7. The smallest absolute Gasteiger partial charge is 0.0832 e. The molecule has 0 saturated heterocycles. The van der Waals surface area contributed by atoms with E-state index in [0.29, 0.717) is 6.04 Å². The van der Waals surface area contributed by atoms with E-state index in [2.05, 4.69) is 52.1 Å². The molecule has 1 unspecified atom stereocenters. The molecule has 0 fully saturated rings. The summed E-state index contributed by atoms with van der Waals surface area (Å²) in [5, 5.41) is 3.67. The molecule has 1 atom stereocenters. The van der Waals surface area contributed by atoms with Gasteiger partial charge >= 0.3 is 0 Å². The summed E-state index contributed by atoms with van der Waals surface area (Å²) in [6, 6.07) is 4.95. The van der Waals surface area contributed by atoms with E-state index in [4.69, 9.17) is 4.74 Å². The van der Waals surface area contributed by atoms with Gasteiger partial charge in [0.25, 0.3) is 0 Å². The molecular formula is C17H31NOS. The number of ether oxygens (including phenoxy) is 1. The minimum absolute atomic E-state index is 0.0405. The van der Waals surface area contributed by atoms with E-state index in [1.807, 2.05) is 11.3 Å². The molecule has 3 heteroatoms. The van der Waals surface area contributed by atoms with Gasteiger partial charge in [-0.2, -0.15) is 0 Å². The molecule has 0 aliphatic heterocycles. The Labute approximate surface area is 128 Å². The van der Waals surface area contributed by atoms with Gasteiger partial charge in [0.05, 0.1) is 5.60 Å². The quantitative estimate of drug-likeness (QED) is 0.690. The summed E-state index contributed by atoms with van der Waals surface area (Å²) in [6.45, 7) is 12.8. The van der Waals surface area contributed by atoms with Crippen molar-refractivity contribution in [2.24, 2.45) is 0 Å². The second kappa shape index (κ2) is 8.81. The van der Waals surface area contributed by atoms with Crippen LogP contribution in [0, 0.1) is 0 Å². The Morgan fingerprint density at radius 3 is 2.20 bits per heavy atom. The zero-order chi connectivity index (χ0) is 15.0. The van der Waals surface area contributed by atoms with Gasteiger partial charge in [-0.1, -0.05) is 27.7 Å². The third-order valence-corrected chi connectivity index (χ3v) is 5.44. The molecule has 1 N–H and O–H groups in total. The van der Waals surface area contributed by atoms with E-state index >= 15 is 0 Å². The van der Waals surface area contributed by atoms with Crippen molar-refractivity contribution in [2.75, 3.05) is 13.2 Å². The molecule has 0 bridgehead atoms. The van der Waals surface area contributed by atoms with Gasteiger partial charge in [0.1, 0.15) is 0 Å². The second-order valence-corrected chi connectivity index (χ2v) is 6.49. The predicted molar refractivity (Wildman–Crippen MR) is 89.8 cm³/mol. The highest BCUT2D eigenvalue weighted by atomic mass is 32.1. The van der Waals surface area contributed by atoms with Crippen molar-refractivity contribution in [3.05, 3.63) is 21.9 Å². The summed E-state index contributed by atoms with van der Waals surface area (Å²) in [7, 11) is 0. The van der Waals surface area contributed by atoms with Crippen molar-refractivity contribution < 1.29 is 4.74 Å². The number of hydrogen-bond donors (Lipinski definition) is 1. The van der Waals surface area contributed by atoms with Crippen molar-refractivity contribution in [1.82, 2.24) is 5.32 Å². The maximum atomic E-state index is 6.19. The minimum atomic E-state index is -0.0405. The van der Waals surface area contributed by atoms with E-state index < -0.39 is 0 Å². The summed E-state index contributed by atoms with van der Waals surface area (Å²) in [5.74, 6) is 0.